The molecular formula is C20H17F3O. The summed E-state index contributed by atoms with van der Waals surface area (Å²) in [5.41, 5.74) is 6.70. The van der Waals surface area contributed by atoms with E-state index in [2.05, 4.69) is 5.73 Å². The zero-order valence-electron chi connectivity index (χ0n) is 13.3. The van der Waals surface area contributed by atoms with Gasteiger partial charge < -0.3 is 4.74 Å². The van der Waals surface area contributed by atoms with Gasteiger partial charge in [-0.25, -0.2) is 0 Å². The van der Waals surface area contributed by atoms with E-state index in [4.69, 9.17) is 4.74 Å². The quantitative estimate of drug-likeness (QED) is 0.624. The average Bonchev–Trinajstić information content (AvgIpc) is 3.36. The van der Waals surface area contributed by atoms with E-state index in [0.29, 0.717) is 11.3 Å². The number of para-hydroxylation sites is 1. The number of benzene rings is 2. The predicted molar refractivity (Wildman–Crippen MR) is 87.6 cm³/mol. The summed E-state index contributed by atoms with van der Waals surface area (Å²) in [6, 6.07) is 12.7. The van der Waals surface area contributed by atoms with Gasteiger partial charge in [-0.2, -0.15) is 13.2 Å². The minimum Gasteiger partial charge on any atom is -0.488 e. The highest BCUT2D eigenvalue weighted by atomic mass is 19.4. The molecule has 1 fully saturated rings. The first-order chi connectivity index (χ1) is 11.4. The number of rotatable bonds is 4. The first-order valence-electron chi connectivity index (χ1n) is 7.77. The number of halogens is 3. The second-order valence-corrected chi connectivity index (χ2v) is 5.83. The Hall–Kier alpha value is -2.45. The van der Waals surface area contributed by atoms with E-state index in [1.54, 1.807) is 0 Å². The van der Waals surface area contributed by atoms with E-state index in [-0.39, 0.29) is 6.61 Å². The molecular weight excluding hydrogens is 313 g/mol. The van der Waals surface area contributed by atoms with E-state index in [1.165, 1.54) is 17.7 Å². The molecule has 24 heavy (non-hydrogen) atoms. The minimum absolute atomic E-state index is 0.221. The van der Waals surface area contributed by atoms with Gasteiger partial charge >= 0.3 is 6.18 Å². The Kier molecular flexibility index (Phi) is 4.50. The Balaban J connectivity index is 1.75. The van der Waals surface area contributed by atoms with E-state index < -0.39 is 11.7 Å². The van der Waals surface area contributed by atoms with Crippen LogP contribution in [0.15, 0.2) is 59.8 Å². The third-order valence-electron chi connectivity index (χ3n) is 3.83. The standard InChI is InChI=1S/C20H17F3O/c1-14(12-15-6-7-15)18-4-2-3-5-19(18)24-13-16-8-10-17(11-9-16)20(21,22)23/h2-5,8-11H,6-7,13H2,1H3. The molecule has 0 N–H and O–H groups in total. The molecule has 0 atom stereocenters. The molecule has 0 aliphatic heterocycles. The van der Waals surface area contributed by atoms with Gasteiger partial charge in [0.15, 0.2) is 0 Å². The Labute approximate surface area is 139 Å². The van der Waals surface area contributed by atoms with E-state index in [0.717, 1.165) is 36.1 Å². The van der Waals surface area contributed by atoms with Gasteiger partial charge in [-0.15, -0.1) is 5.73 Å². The monoisotopic (exact) mass is 330 g/mol. The molecule has 4 heteroatoms. The van der Waals surface area contributed by atoms with Crippen LogP contribution < -0.4 is 4.74 Å². The van der Waals surface area contributed by atoms with Crippen molar-refractivity contribution in [3.05, 3.63) is 76.5 Å². The van der Waals surface area contributed by atoms with Crippen LogP contribution in [0, 0.1) is 0 Å². The van der Waals surface area contributed by atoms with Gasteiger partial charge in [0.2, 0.25) is 0 Å². The number of alkyl halides is 3. The number of ether oxygens (including phenoxy) is 1. The molecule has 1 aliphatic carbocycles. The molecule has 3 rings (SSSR count). The molecule has 124 valence electrons. The van der Waals surface area contributed by atoms with E-state index in [9.17, 15) is 13.2 Å². The molecule has 2 aromatic carbocycles. The van der Waals surface area contributed by atoms with Gasteiger partial charge in [-0.3, -0.25) is 0 Å². The van der Waals surface area contributed by atoms with E-state index in [1.807, 2.05) is 31.2 Å². The van der Waals surface area contributed by atoms with Crippen LogP contribution in [0.4, 0.5) is 13.2 Å². The Bertz CT molecular complexity index is 788. The largest absolute Gasteiger partial charge is 0.488 e. The Morgan fingerprint density at radius 1 is 1.04 bits per heavy atom. The van der Waals surface area contributed by atoms with Gasteiger partial charge in [-0.1, -0.05) is 30.3 Å². The van der Waals surface area contributed by atoms with Crippen molar-refractivity contribution in [3.63, 3.8) is 0 Å². The molecule has 1 aliphatic rings. The van der Waals surface area contributed by atoms with Gasteiger partial charge in [0.25, 0.3) is 0 Å². The molecule has 0 spiro atoms. The van der Waals surface area contributed by atoms with Crippen LogP contribution in [0.1, 0.15) is 36.5 Å². The highest BCUT2D eigenvalue weighted by molar-refractivity contribution is 5.69. The maximum absolute atomic E-state index is 12.6. The molecule has 0 amide bonds. The van der Waals surface area contributed by atoms with Crippen molar-refractivity contribution in [2.24, 2.45) is 0 Å². The van der Waals surface area contributed by atoms with E-state index >= 15 is 0 Å². The molecule has 1 nitrogen and oxygen atoms in total. The average molecular weight is 330 g/mol. The first-order valence-corrected chi connectivity index (χ1v) is 7.77. The zero-order chi connectivity index (χ0) is 17.2. The lowest BCUT2D eigenvalue weighted by molar-refractivity contribution is -0.137. The van der Waals surface area contributed by atoms with Gasteiger partial charge in [-0.05, 0) is 49.1 Å². The maximum Gasteiger partial charge on any atom is 0.416 e. The summed E-state index contributed by atoms with van der Waals surface area (Å²) in [7, 11) is 0. The fraction of sp³-hybridized carbons (Fsp3) is 0.250. The summed E-state index contributed by atoms with van der Waals surface area (Å²) in [5.74, 6) is 0.712. The lowest BCUT2D eigenvalue weighted by Gasteiger charge is -2.12. The van der Waals surface area contributed by atoms with Gasteiger partial charge in [0.1, 0.15) is 12.4 Å². The van der Waals surface area contributed by atoms with Crippen LogP contribution >= 0.6 is 0 Å². The van der Waals surface area contributed by atoms with Crippen LogP contribution in [-0.4, -0.2) is 0 Å². The molecule has 0 saturated heterocycles. The topological polar surface area (TPSA) is 9.23 Å². The van der Waals surface area contributed by atoms with Crippen molar-refractivity contribution in [1.82, 2.24) is 0 Å². The van der Waals surface area contributed by atoms with Crippen molar-refractivity contribution in [1.29, 1.82) is 0 Å². The summed E-state index contributed by atoms with van der Waals surface area (Å²) in [5, 5.41) is 0. The molecule has 0 unspecified atom stereocenters. The van der Waals surface area contributed by atoms with Crippen molar-refractivity contribution >= 4 is 5.57 Å². The molecule has 0 heterocycles. The third kappa shape index (κ3) is 4.09. The molecule has 1 saturated carbocycles. The van der Waals surface area contributed by atoms with Crippen molar-refractivity contribution < 1.29 is 17.9 Å². The Morgan fingerprint density at radius 2 is 1.71 bits per heavy atom. The molecule has 2 aromatic rings. The van der Waals surface area contributed by atoms with Crippen LogP contribution in [0.25, 0.3) is 5.57 Å². The second kappa shape index (κ2) is 6.58. The van der Waals surface area contributed by atoms with Crippen LogP contribution in [0.2, 0.25) is 0 Å². The SMILES string of the molecule is CC(=C=C1CC1)c1ccccc1OCc1ccc(C(F)(F)F)cc1. The summed E-state index contributed by atoms with van der Waals surface area (Å²) in [6.07, 6.45) is -2.11. The lowest BCUT2D eigenvalue weighted by atomic mass is 10.1. The molecule has 0 bridgehead atoms. The fourth-order valence-corrected chi connectivity index (χ4v) is 2.37. The smallest absolute Gasteiger partial charge is 0.416 e. The zero-order valence-corrected chi connectivity index (χ0v) is 13.3. The minimum atomic E-state index is -4.32. The van der Waals surface area contributed by atoms with Crippen LogP contribution in [0.3, 0.4) is 0 Å². The predicted octanol–water partition coefficient (Wildman–Crippen LogP) is 6.01. The Morgan fingerprint density at radius 3 is 2.33 bits per heavy atom. The number of allylic oxidation sites excluding steroid dienone is 1. The van der Waals surface area contributed by atoms with Crippen molar-refractivity contribution in [2.75, 3.05) is 0 Å². The summed E-state index contributed by atoms with van der Waals surface area (Å²) >= 11 is 0. The summed E-state index contributed by atoms with van der Waals surface area (Å²) in [6.45, 7) is 2.21. The molecule has 0 radical (unpaired) electrons. The maximum atomic E-state index is 12.6. The lowest BCUT2D eigenvalue weighted by Crippen LogP contribution is -2.05. The third-order valence-corrected chi connectivity index (χ3v) is 3.83. The highest BCUT2D eigenvalue weighted by Crippen LogP contribution is 2.32. The van der Waals surface area contributed by atoms with Crippen LogP contribution in [-0.2, 0) is 12.8 Å². The van der Waals surface area contributed by atoms with Gasteiger partial charge in [0.05, 0.1) is 5.56 Å². The highest BCUT2D eigenvalue weighted by Gasteiger charge is 2.29. The van der Waals surface area contributed by atoms with Crippen LogP contribution in [0.5, 0.6) is 5.75 Å². The first kappa shape index (κ1) is 16.4. The fourth-order valence-electron chi connectivity index (χ4n) is 2.37. The summed E-state index contributed by atoms with van der Waals surface area (Å²) in [4.78, 5) is 0. The second-order valence-electron chi connectivity index (χ2n) is 5.83. The summed E-state index contributed by atoms with van der Waals surface area (Å²) < 4.78 is 43.6. The number of hydrogen-bond acceptors (Lipinski definition) is 1. The van der Waals surface area contributed by atoms with Gasteiger partial charge in [0, 0.05) is 11.1 Å². The molecule has 0 aromatic heterocycles. The number of hydrogen-bond donors (Lipinski definition) is 0. The van der Waals surface area contributed by atoms with Crippen molar-refractivity contribution in [2.45, 2.75) is 32.5 Å². The normalized spacial score (nSPS) is 13.4. The van der Waals surface area contributed by atoms with Crippen molar-refractivity contribution in [3.8, 4) is 5.75 Å².